The van der Waals surface area contributed by atoms with Gasteiger partial charge in [0.15, 0.2) is 6.21 Å². The van der Waals surface area contributed by atoms with E-state index in [1.807, 2.05) is 33.0 Å². The van der Waals surface area contributed by atoms with Gasteiger partial charge in [-0.05, 0) is 49.0 Å². The Bertz CT molecular complexity index is 742. The van der Waals surface area contributed by atoms with Crippen molar-refractivity contribution in [2.75, 3.05) is 33.8 Å². The molecule has 0 unspecified atom stereocenters. The second-order valence-corrected chi connectivity index (χ2v) is 8.01. The zero-order valence-electron chi connectivity index (χ0n) is 18.7. The van der Waals surface area contributed by atoms with E-state index in [0.29, 0.717) is 24.6 Å². The number of hydrogen-bond donors (Lipinski definition) is 1. The van der Waals surface area contributed by atoms with E-state index in [4.69, 9.17) is 4.74 Å². The Morgan fingerprint density at radius 3 is 2.66 bits per heavy atom. The van der Waals surface area contributed by atoms with E-state index < -0.39 is 0 Å². The standard InChI is InChI=1S/C23H35N3O3/c1-17(2)10-13-26(7)23(28)29-15-20-11-12-25(6)14-21(20)19(5)8-9-22(18(3)4)24-16-27/h8-9,14,16-17H,3,10-13,15H2,1-2,4-7H3/p+1/b19-8+,22-9+. The Morgan fingerprint density at radius 2 is 2.07 bits per heavy atom. The van der Waals surface area contributed by atoms with Gasteiger partial charge in [0.1, 0.15) is 20.2 Å². The molecule has 1 N–H and O–H groups in total. The summed E-state index contributed by atoms with van der Waals surface area (Å²) in [7, 11) is 3.80. The minimum atomic E-state index is -0.294. The van der Waals surface area contributed by atoms with E-state index in [0.717, 1.165) is 41.7 Å². The molecule has 0 aromatic rings. The molecule has 0 atom stereocenters. The van der Waals surface area contributed by atoms with Crippen LogP contribution in [-0.2, 0) is 9.53 Å². The molecule has 0 saturated carbocycles. The number of carbonyl (C=O) groups excluding carboxylic acids is 2. The smallest absolute Gasteiger partial charge is 0.409 e. The van der Waals surface area contributed by atoms with Gasteiger partial charge in [0.2, 0.25) is 6.41 Å². The SMILES string of the molecule is C=C(C)/C(=C\C=C(/C)C1=C(COC(=O)N(C)CCC(C)C)CC[N+](C)=C1)NC=O. The molecule has 2 amide bonds. The molecule has 0 bridgehead atoms. The van der Waals surface area contributed by atoms with Crippen LogP contribution in [0.3, 0.4) is 0 Å². The highest BCUT2D eigenvalue weighted by atomic mass is 16.6. The maximum Gasteiger partial charge on any atom is 0.409 e. The molecule has 6 nitrogen and oxygen atoms in total. The highest BCUT2D eigenvalue weighted by molar-refractivity contribution is 5.83. The molecular formula is C23H36N3O3+. The Labute approximate surface area is 175 Å². The lowest BCUT2D eigenvalue weighted by molar-refractivity contribution is -0.493. The summed E-state index contributed by atoms with van der Waals surface area (Å²) in [5.41, 5.74) is 4.63. The normalized spacial score (nSPS) is 15.2. The number of hydrogen-bond acceptors (Lipinski definition) is 3. The molecule has 0 fully saturated rings. The maximum absolute atomic E-state index is 12.3. The fourth-order valence-electron chi connectivity index (χ4n) is 2.83. The molecule has 1 aliphatic heterocycles. The van der Waals surface area contributed by atoms with Gasteiger partial charge in [-0.3, -0.25) is 4.79 Å². The van der Waals surface area contributed by atoms with Gasteiger partial charge in [-0.1, -0.05) is 26.5 Å². The quantitative estimate of drug-likeness (QED) is 0.345. The van der Waals surface area contributed by atoms with Gasteiger partial charge in [0.25, 0.3) is 0 Å². The summed E-state index contributed by atoms with van der Waals surface area (Å²) < 4.78 is 7.69. The van der Waals surface area contributed by atoms with Gasteiger partial charge in [0.05, 0.1) is 0 Å². The van der Waals surface area contributed by atoms with Gasteiger partial charge in [0, 0.05) is 31.3 Å². The van der Waals surface area contributed by atoms with Crippen molar-refractivity contribution < 1.29 is 18.9 Å². The van der Waals surface area contributed by atoms with Gasteiger partial charge >= 0.3 is 6.09 Å². The highest BCUT2D eigenvalue weighted by Crippen LogP contribution is 2.20. The minimum Gasteiger partial charge on any atom is -0.445 e. The van der Waals surface area contributed by atoms with Crippen LogP contribution in [0, 0.1) is 5.92 Å². The van der Waals surface area contributed by atoms with Crippen LogP contribution in [-0.4, -0.2) is 62.0 Å². The van der Waals surface area contributed by atoms with Crippen molar-refractivity contribution in [2.24, 2.45) is 5.92 Å². The summed E-state index contributed by atoms with van der Waals surface area (Å²) in [6.07, 6.45) is 7.99. The van der Waals surface area contributed by atoms with Gasteiger partial charge in [-0.2, -0.15) is 0 Å². The van der Waals surface area contributed by atoms with Crippen LogP contribution in [0.4, 0.5) is 4.79 Å². The third-order valence-electron chi connectivity index (χ3n) is 4.82. The number of carbonyl (C=O) groups is 2. The fraction of sp³-hybridized carbons (Fsp3) is 0.522. The molecule has 0 spiro atoms. The third kappa shape index (κ3) is 8.50. The summed E-state index contributed by atoms with van der Waals surface area (Å²) in [6, 6.07) is 0. The summed E-state index contributed by atoms with van der Waals surface area (Å²) in [4.78, 5) is 24.7. The van der Waals surface area contributed by atoms with Crippen LogP contribution < -0.4 is 5.32 Å². The van der Waals surface area contributed by atoms with Crippen LogP contribution in [0.2, 0.25) is 0 Å². The van der Waals surface area contributed by atoms with E-state index in [9.17, 15) is 9.59 Å². The van der Waals surface area contributed by atoms with Crippen LogP contribution in [0.1, 0.15) is 40.5 Å². The first-order valence-electron chi connectivity index (χ1n) is 10.1. The first kappa shape index (κ1) is 24.4. The van der Waals surface area contributed by atoms with E-state index in [2.05, 4.69) is 36.5 Å². The van der Waals surface area contributed by atoms with E-state index in [1.165, 1.54) is 0 Å². The number of nitrogens with one attached hydrogen (secondary N) is 1. The van der Waals surface area contributed by atoms with E-state index in [1.54, 1.807) is 11.9 Å². The molecule has 0 saturated heterocycles. The number of ether oxygens (including phenoxy) is 1. The summed E-state index contributed by atoms with van der Waals surface area (Å²) in [5, 5.41) is 2.66. The first-order chi connectivity index (χ1) is 13.6. The Morgan fingerprint density at radius 1 is 1.38 bits per heavy atom. The second-order valence-electron chi connectivity index (χ2n) is 8.01. The molecular weight excluding hydrogens is 366 g/mol. The van der Waals surface area contributed by atoms with Crippen LogP contribution in [0.5, 0.6) is 0 Å². The molecule has 1 heterocycles. The van der Waals surface area contributed by atoms with E-state index in [-0.39, 0.29) is 12.7 Å². The number of nitrogens with zero attached hydrogens (tertiary/aromatic N) is 2. The Kier molecular flexibility index (Phi) is 10.1. The predicted octanol–water partition coefficient (Wildman–Crippen LogP) is 3.67. The Balaban J connectivity index is 2.96. The van der Waals surface area contributed by atoms with Crippen molar-refractivity contribution in [1.29, 1.82) is 0 Å². The topological polar surface area (TPSA) is 61.6 Å². The van der Waals surface area contributed by atoms with Crippen molar-refractivity contribution in [3.8, 4) is 0 Å². The predicted molar refractivity (Wildman–Crippen MR) is 118 cm³/mol. The molecule has 0 aromatic heterocycles. The fourth-order valence-corrected chi connectivity index (χ4v) is 2.83. The lowest BCUT2D eigenvalue weighted by atomic mass is 9.97. The highest BCUT2D eigenvalue weighted by Gasteiger charge is 2.20. The monoisotopic (exact) mass is 402 g/mol. The molecule has 1 aliphatic rings. The molecule has 1 rings (SSSR count). The summed E-state index contributed by atoms with van der Waals surface area (Å²) >= 11 is 0. The van der Waals surface area contributed by atoms with Crippen molar-refractivity contribution >= 4 is 18.7 Å². The zero-order chi connectivity index (χ0) is 22.0. The van der Waals surface area contributed by atoms with Crippen molar-refractivity contribution in [1.82, 2.24) is 10.2 Å². The maximum atomic E-state index is 12.3. The van der Waals surface area contributed by atoms with Crippen molar-refractivity contribution in [3.05, 3.63) is 46.7 Å². The molecule has 0 radical (unpaired) electrons. The largest absolute Gasteiger partial charge is 0.445 e. The average Bonchev–Trinajstić information content (AvgIpc) is 2.67. The molecule has 0 aromatic carbocycles. The zero-order valence-corrected chi connectivity index (χ0v) is 18.7. The second kappa shape index (κ2) is 12.0. The summed E-state index contributed by atoms with van der Waals surface area (Å²) in [6.45, 7) is 13.8. The van der Waals surface area contributed by atoms with Gasteiger partial charge in [-0.15, -0.1) is 0 Å². The van der Waals surface area contributed by atoms with Crippen LogP contribution in [0.15, 0.2) is 46.7 Å². The first-order valence-corrected chi connectivity index (χ1v) is 10.1. The van der Waals surface area contributed by atoms with Crippen LogP contribution in [0.25, 0.3) is 0 Å². The van der Waals surface area contributed by atoms with E-state index >= 15 is 0 Å². The van der Waals surface area contributed by atoms with Gasteiger partial charge in [-0.25, -0.2) is 9.37 Å². The number of amides is 2. The average molecular weight is 403 g/mol. The molecule has 29 heavy (non-hydrogen) atoms. The lowest BCUT2D eigenvalue weighted by Gasteiger charge is -2.20. The molecule has 6 heteroatoms. The molecule has 160 valence electrons. The minimum absolute atomic E-state index is 0.277. The van der Waals surface area contributed by atoms with Gasteiger partial charge < -0.3 is 15.0 Å². The summed E-state index contributed by atoms with van der Waals surface area (Å²) in [5.74, 6) is 0.543. The van der Waals surface area contributed by atoms with Crippen molar-refractivity contribution in [2.45, 2.75) is 40.5 Å². The number of rotatable bonds is 10. The lowest BCUT2D eigenvalue weighted by Crippen LogP contribution is -2.30. The number of allylic oxidation sites excluding steroid dienone is 5. The molecule has 0 aliphatic carbocycles. The van der Waals surface area contributed by atoms with Crippen molar-refractivity contribution in [3.63, 3.8) is 0 Å². The van der Waals surface area contributed by atoms with Crippen LogP contribution >= 0.6 is 0 Å². The third-order valence-corrected chi connectivity index (χ3v) is 4.82. The Hall–Kier alpha value is -2.63.